The van der Waals surface area contributed by atoms with Gasteiger partial charge in [-0.3, -0.25) is 4.98 Å². The molecule has 1 N–H and O–H groups in total. The van der Waals surface area contributed by atoms with Gasteiger partial charge < -0.3 is 14.8 Å². The van der Waals surface area contributed by atoms with Crippen LogP contribution in [0.25, 0.3) is 0 Å². The van der Waals surface area contributed by atoms with Gasteiger partial charge in [0.2, 0.25) is 0 Å². The lowest BCUT2D eigenvalue weighted by molar-refractivity contribution is 0.0600. The number of carbonyl (C=O) groups is 1. The van der Waals surface area contributed by atoms with Crippen LogP contribution in [0.5, 0.6) is 5.75 Å². The lowest BCUT2D eigenvalue weighted by Gasteiger charge is -2.08. The summed E-state index contributed by atoms with van der Waals surface area (Å²) < 4.78 is 9.78. The number of methoxy groups -OCH3 is 2. The average Bonchev–Trinajstić information content (AvgIpc) is 2.53. The highest BCUT2D eigenvalue weighted by Gasteiger charge is 2.05. The number of pyridine rings is 1. The fourth-order valence-corrected chi connectivity index (χ4v) is 1.69. The lowest BCUT2D eigenvalue weighted by atomic mass is 10.2. The van der Waals surface area contributed by atoms with E-state index in [2.05, 4.69) is 15.0 Å². The average molecular weight is 272 g/mol. The van der Waals surface area contributed by atoms with Crippen LogP contribution in [0.3, 0.4) is 0 Å². The first-order valence-electron chi connectivity index (χ1n) is 6.14. The van der Waals surface area contributed by atoms with Crippen molar-refractivity contribution in [2.45, 2.75) is 6.54 Å². The first kappa shape index (κ1) is 13.9. The van der Waals surface area contributed by atoms with Crippen LogP contribution >= 0.6 is 0 Å². The van der Waals surface area contributed by atoms with Gasteiger partial charge in [0.05, 0.1) is 32.0 Å². The maximum absolute atomic E-state index is 11.3. The first-order chi connectivity index (χ1) is 9.72. The summed E-state index contributed by atoms with van der Waals surface area (Å²) in [4.78, 5) is 15.5. The number of rotatable bonds is 5. The van der Waals surface area contributed by atoms with Crippen molar-refractivity contribution in [2.24, 2.45) is 0 Å². The summed E-state index contributed by atoms with van der Waals surface area (Å²) in [6, 6.07) is 11.1. The molecule has 5 heteroatoms. The second-order valence-electron chi connectivity index (χ2n) is 4.12. The number of nitrogens with one attached hydrogen (secondary N) is 1. The number of hydrogen-bond donors (Lipinski definition) is 1. The second kappa shape index (κ2) is 6.56. The van der Waals surface area contributed by atoms with E-state index < -0.39 is 0 Å². The summed E-state index contributed by atoms with van der Waals surface area (Å²) in [6.45, 7) is 0.564. The summed E-state index contributed by atoms with van der Waals surface area (Å²) in [5, 5.41) is 3.24. The van der Waals surface area contributed by atoms with Gasteiger partial charge in [-0.1, -0.05) is 6.07 Å². The number of hydrogen-bond acceptors (Lipinski definition) is 5. The molecular weight excluding hydrogens is 256 g/mol. The highest BCUT2D eigenvalue weighted by molar-refractivity contribution is 5.88. The number of esters is 1. The third-order valence-electron chi connectivity index (χ3n) is 2.79. The molecular formula is C15H16N2O3. The molecule has 5 nitrogen and oxygen atoms in total. The topological polar surface area (TPSA) is 60.5 Å². The summed E-state index contributed by atoms with van der Waals surface area (Å²) in [5.41, 5.74) is 2.22. The molecule has 0 amide bonds. The van der Waals surface area contributed by atoms with Crippen LogP contribution in [-0.4, -0.2) is 25.2 Å². The standard InChI is InChI=1S/C15H16N2O3/c1-19-14-5-3-4-12(8-14)17-10-13-7-6-11(9-16-13)15(18)20-2/h3-9,17H,10H2,1-2H3. The van der Waals surface area contributed by atoms with Gasteiger partial charge in [-0.25, -0.2) is 4.79 Å². The molecule has 0 aliphatic rings. The van der Waals surface area contributed by atoms with Crippen LogP contribution < -0.4 is 10.1 Å². The molecule has 2 rings (SSSR count). The molecule has 20 heavy (non-hydrogen) atoms. The largest absolute Gasteiger partial charge is 0.497 e. The molecule has 0 spiro atoms. The molecule has 0 unspecified atom stereocenters. The molecule has 104 valence electrons. The van der Waals surface area contributed by atoms with Crippen molar-refractivity contribution in [3.63, 3.8) is 0 Å². The van der Waals surface area contributed by atoms with Crippen molar-refractivity contribution in [1.29, 1.82) is 0 Å². The Kier molecular flexibility index (Phi) is 4.55. The van der Waals surface area contributed by atoms with Gasteiger partial charge in [-0.2, -0.15) is 0 Å². The highest BCUT2D eigenvalue weighted by atomic mass is 16.5. The quantitative estimate of drug-likeness (QED) is 0.847. The van der Waals surface area contributed by atoms with E-state index >= 15 is 0 Å². The van der Waals surface area contributed by atoms with E-state index in [1.807, 2.05) is 24.3 Å². The van der Waals surface area contributed by atoms with Gasteiger partial charge in [0.1, 0.15) is 5.75 Å². The smallest absolute Gasteiger partial charge is 0.339 e. The molecule has 0 saturated carbocycles. The Bertz CT molecular complexity index is 582. The Morgan fingerprint density at radius 2 is 2.10 bits per heavy atom. The van der Waals surface area contributed by atoms with Gasteiger partial charge in [0, 0.05) is 18.0 Å². The number of ether oxygens (including phenoxy) is 2. The Morgan fingerprint density at radius 1 is 1.25 bits per heavy atom. The maximum Gasteiger partial charge on any atom is 0.339 e. The molecule has 1 aromatic carbocycles. The molecule has 0 saturated heterocycles. The van der Waals surface area contributed by atoms with E-state index in [1.165, 1.54) is 13.3 Å². The zero-order valence-electron chi connectivity index (χ0n) is 11.4. The van der Waals surface area contributed by atoms with Crippen LogP contribution in [-0.2, 0) is 11.3 Å². The number of anilines is 1. The SMILES string of the molecule is COC(=O)c1ccc(CNc2cccc(OC)c2)nc1. The highest BCUT2D eigenvalue weighted by Crippen LogP contribution is 2.17. The second-order valence-corrected chi connectivity index (χ2v) is 4.12. The monoisotopic (exact) mass is 272 g/mol. The van der Waals surface area contributed by atoms with E-state index in [0.29, 0.717) is 12.1 Å². The van der Waals surface area contributed by atoms with E-state index in [9.17, 15) is 4.79 Å². The fourth-order valence-electron chi connectivity index (χ4n) is 1.69. The predicted molar refractivity (Wildman–Crippen MR) is 75.9 cm³/mol. The Labute approximate surface area is 117 Å². The van der Waals surface area contributed by atoms with E-state index in [-0.39, 0.29) is 5.97 Å². The van der Waals surface area contributed by atoms with Gasteiger partial charge in [-0.05, 0) is 24.3 Å². The van der Waals surface area contributed by atoms with Gasteiger partial charge in [-0.15, -0.1) is 0 Å². The minimum atomic E-state index is -0.384. The normalized spacial score (nSPS) is 9.90. The lowest BCUT2D eigenvalue weighted by Crippen LogP contribution is -2.05. The van der Waals surface area contributed by atoms with Crippen LogP contribution in [0.2, 0.25) is 0 Å². The zero-order chi connectivity index (χ0) is 14.4. The van der Waals surface area contributed by atoms with Gasteiger partial charge >= 0.3 is 5.97 Å². The Balaban J connectivity index is 1.98. The van der Waals surface area contributed by atoms with Crippen molar-refractivity contribution < 1.29 is 14.3 Å². The van der Waals surface area contributed by atoms with Crippen LogP contribution in [0.1, 0.15) is 16.1 Å². The number of aromatic nitrogens is 1. The summed E-state index contributed by atoms with van der Waals surface area (Å²) >= 11 is 0. The molecule has 0 atom stereocenters. The summed E-state index contributed by atoms with van der Waals surface area (Å²) in [5.74, 6) is 0.411. The van der Waals surface area contributed by atoms with Crippen LogP contribution in [0.15, 0.2) is 42.6 Å². The maximum atomic E-state index is 11.3. The minimum Gasteiger partial charge on any atom is -0.497 e. The van der Waals surface area contributed by atoms with Crippen molar-refractivity contribution in [1.82, 2.24) is 4.98 Å². The molecule has 0 bridgehead atoms. The Morgan fingerprint density at radius 3 is 2.75 bits per heavy atom. The van der Waals surface area contributed by atoms with Crippen LogP contribution in [0.4, 0.5) is 5.69 Å². The molecule has 0 aliphatic heterocycles. The van der Waals surface area contributed by atoms with Crippen molar-refractivity contribution in [3.05, 3.63) is 53.9 Å². The third-order valence-corrected chi connectivity index (χ3v) is 2.79. The van der Waals surface area contributed by atoms with E-state index in [4.69, 9.17) is 4.74 Å². The number of benzene rings is 1. The van der Waals surface area contributed by atoms with Crippen molar-refractivity contribution in [2.75, 3.05) is 19.5 Å². The Hall–Kier alpha value is -2.56. The predicted octanol–water partition coefficient (Wildman–Crippen LogP) is 2.49. The molecule has 0 aliphatic carbocycles. The first-order valence-corrected chi connectivity index (χ1v) is 6.14. The van der Waals surface area contributed by atoms with E-state index in [0.717, 1.165) is 17.1 Å². The van der Waals surface area contributed by atoms with Crippen LogP contribution in [0, 0.1) is 0 Å². The van der Waals surface area contributed by atoms with Crippen molar-refractivity contribution >= 4 is 11.7 Å². The fraction of sp³-hybridized carbons (Fsp3) is 0.200. The van der Waals surface area contributed by atoms with Gasteiger partial charge in [0.15, 0.2) is 0 Å². The summed E-state index contributed by atoms with van der Waals surface area (Å²) in [7, 11) is 2.98. The van der Waals surface area contributed by atoms with E-state index in [1.54, 1.807) is 19.2 Å². The molecule has 0 fully saturated rings. The van der Waals surface area contributed by atoms with Gasteiger partial charge in [0.25, 0.3) is 0 Å². The molecule has 1 heterocycles. The zero-order valence-corrected chi connectivity index (χ0v) is 11.4. The molecule has 2 aromatic rings. The number of nitrogens with zero attached hydrogens (tertiary/aromatic N) is 1. The minimum absolute atomic E-state index is 0.384. The molecule has 0 radical (unpaired) electrons. The summed E-state index contributed by atoms with van der Waals surface area (Å²) in [6.07, 6.45) is 1.51. The third kappa shape index (κ3) is 3.47. The number of carbonyl (C=O) groups excluding carboxylic acids is 1. The van der Waals surface area contributed by atoms with Crippen molar-refractivity contribution in [3.8, 4) is 5.75 Å². The molecule has 1 aromatic heterocycles.